The summed E-state index contributed by atoms with van der Waals surface area (Å²) in [6.07, 6.45) is 5.70. The highest BCUT2D eigenvalue weighted by Crippen LogP contribution is 2.33. The second kappa shape index (κ2) is 6.10. The molecule has 2 aromatic carbocycles. The summed E-state index contributed by atoms with van der Waals surface area (Å²) in [5.74, 6) is 3.18. The van der Waals surface area contributed by atoms with Crippen molar-refractivity contribution in [1.29, 1.82) is 0 Å². The van der Waals surface area contributed by atoms with Gasteiger partial charge in [-0.25, -0.2) is 4.52 Å². The van der Waals surface area contributed by atoms with Gasteiger partial charge in [-0.1, -0.05) is 29.1 Å². The minimum atomic E-state index is -0.281. The predicted molar refractivity (Wildman–Crippen MR) is 103 cm³/mol. The van der Waals surface area contributed by atoms with Gasteiger partial charge in [0.2, 0.25) is 0 Å². The molecular formula is C19H11Cl2N3O2. The van der Waals surface area contributed by atoms with Crippen molar-refractivity contribution in [2.75, 3.05) is 7.11 Å². The summed E-state index contributed by atoms with van der Waals surface area (Å²) in [6, 6.07) is 10.2. The molecule has 2 heterocycles. The van der Waals surface area contributed by atoms with Crippen molar-refractivity contribution in [2.45, 2.75) is 0 Å². The van der Waals surface area contributed by atoms with Gasteiger partial charge >= 0.3 is 0 Å². The third-order valence-corrected chi connectivity index (χ3v) is 4.67. The summed E-state index contributed by atoms with van der Waals surface area (Å²) < 4.78 is 6.79. The van der Waals surface area contributed by atoms with Crippen molar-refractivity contribution in [2.24, 2.45) is 0 Å². The lowest BCUT2D eigenvalue weighted by molar-refractivity contribution is 0.415. The van der Waals surface area contributed by atoms with E-state index in [1.807, 2.05) is 0 Å². The molecule has 0 atom stereocenters. The first kappa shape index (κ1) is 16.5. The molecule has 0 unspecified atom stereocenters. The zero-order chi connectivity index (χ0) is 18.4. The average Bonchev–Trinajstić information content (AvgIpc) is 2.99. The van der Waals surface area contributed by atoms with Crippen molar-refractivity contribution in [3.63, 3.8) is 0 Å². The summed E-state index contributed by atoms with van der Waals surface area (Å²) in [7, 11) is 1.54. The zero-order valence-electron chi connectivity index (χ0n) is 13.5. The molecule has 0 radical (unpaired) electrons. The summed E-state index contributed by atoms with van der Waals surface area (Å²) in [6.45, 7) is 0. The van der Waals surface area contributed by atoms with Gasteiger partial charge in [-0.2, -0.15) is 5.10 Å². The van der Waals surface area contributed by atoms with Gasteiger partial charge in [-0.3, -0.25) is 4.79 Å². The molecule has 0 saturated heterocycles. The number of hydrogen-bond donors (Lipinski definition) is 1. The first-order chi connectivity index (χ1) is 12.5. The van der Waals surface area contributed by atoms with Gasteiger partial charge in [-0.15, -0.1) is 6.42 Å². The number of fused-ring (bicyclic) bond motifs is 3. The highest BCUT2D eigenvalue weighted by Gasteiger charge is 2.19. The molecular weight excluding hydrogens is 373 g/mol. The van der Waals surface area contributed by atoms with E-state index in [4.69, 9.17) is 34.4 Å². The van der Waals surface area contributed by atoms with Crippen LogP contribution in [0.1, 0.15) is 5.56 Å². The van der Waals surface area contributed by atoms with Crippen LogP contribution in [0.5, 0.6) is 5.75 Å². The molecule has 0 saturated carbocycles. The van der Waals surface area contributed by atoms with E-state index in [9.17, 15) is 4.79 Å². The Balaban J connectivity index is 2.12. The fourth-order valence-corrected chi connectivity index (χ4v) is 3.40. The Morgan fingerprint density at radius 1 is 1.23 bits per heavy atom. The molecule has 0 amide bonds. The summed E-state index contributed by atoms with van der Waals surface area (Å²) in [5, 5.41) is 5.98. The number of benzene rings is 2. The Morgan fingerprint density at radius 3 is 2.73 bits per heavy atom. The molecule has 5 nitrogen and oxygen atoms in total. The van der Waals surface area contributed by atoms with Gasteiger partial charge in [-0.05, 0) is 36.4 Å². The molecule has 0 aliphatic heterocycles. The largest absolute Gasteiger partial charge is 0.497 e. The molecule has 7 heteroatoms. The van der Waals surface area contributed by atoms with Crippen LogP contribution in [-0.4, -0.2) is 21.7 Å². The van der Waals surface area contributed by atoms with E-state index in [2.05, 4.69) is 16.0 Å². The fraction of sp³-hybridized carbons (Fsp3) is 0.0526. The number of halogens is 2. The van der Waals surface area contributed by atoms with Gasteiger partial charge in [0.15, 0.2) is 5.65 Å². The molecule has 1 N–H and O–H groups in total. The third kappa shape index (κ3) is 2.43. The van der Waals surface area contributed by atoms with E-state index in [-0.39, 0.29) is 5.56 Å². The van der Waals surface area contributed by atoms with Crippen LogP contribution in [0.15, 0.2) is 41.2 Å². The average molecular weight is 384 g/mol. The van der Waals surface area contributed by atoms with Crippen LogP contribution in [0.4, 0.5) is 0 Å². The number of rotatable bonds is 2. The fourth-order valence-electron chi connectivity index (χ4n) is 2.90. The number of nitrogens with one attached hydrogen (secondary N) is 1. The van der Waals surface area contributed by atoms with E-state index in [0.717, 1.165) is 0 Å². The smallest absolute Gasteiger partial charge is 0.259 e. The van der Waals surface area contributed by atoms with Crippen molar-refractivity contribution < 1.29 is 4.74 Å². The Labute approximate surface area is 158 Å². The van der Waals surface area contributed by atoms with Crippen LogP contribution in [0, 0.1) is 12.3 Å². The predicted octanol–water partition coefficient (Wildman–Crippen LogP) is 4.14. The maximum atomic E-state index is 12.5. The molecule has 0 bridgehead atoms. The van der Waals surface area contributed by atoms with E-state index in [0.29, 0.717) is 49.2 Å². The standard InChI is InChI=1S/C19H11Cl2N3O2/c1-3-12-17(13-6-4-10(20)8-15(13)21)23-24-16-7-5-11(26-2)9-14(16)19(25)22-18(12)24/h1,4-9H,2H3,(H,22,25). The number of ether oxygens (including phenoxy) is 1. The lowest BCUT2D eigenvalue weighted by Gasteiger charge is -2.03. The first-order valence-corrected chi connectivity index (χ1v) is 8.34. The Kier molecular flexibility index (Phi) is 3.87. The molecule has 4 rings (SSSR count). The van der Waals surface area contributed by atoms with E-state index >= 15 is 0 Å². The van der Waals surface area contributed by atoms with Crippen molar-refractivity contribution in [1.82, 2.24) is 14.6 Å². The van der Waals surface area contributed by atoms with E-state index in [1.54, 1.807) is 48.0 Å². The van der Waals surface area contributed by atoms with Crippen LogP contribution in [-0.2, 0) is 0 Å². The molecule has 0 fully saturated rings. The maximum absolute atomic E-state index is 12.5. The summed E-state index contributed by atoms with van der Waals surface area (Å²) in [5.41, 5.74) is 2.33. The minimum Gasteiger partial charge on any atom is -0.497 e. The Bertz CT molecular complexity index is 1280. The van der Waals surface area contributed by atoms with Crippen LogP contribution in [0.3, 0.4) is 0 Å². The first-order valence-electron chi connectivity index (χ1n) is 7.58. The van der Waals surface area contributed by atoms with Gasteiger partial charge in [0.05, 0.1) is 28.6 Å². The van der Waals surface area contributed by atoms with E-state index in [1.165, 1.54) is 0 Å². The molecule has 0 aliphatic carbocycles. The summed E-state index contributed by atoms with van der Waals surface area (Å²) in [4.78, 5) is 15.3. The zero-order valence-corrected chi connectivity index (χ0v) is 15.0. The molecule has 2 aromatic heterocycles. The second-order valence-corrected chi connectivity index (χ2v) is 6.43. The van der Waals surface area contributed by atoms with Crippen LogP contribution in [0.25, 0.3) is 27.8 Å². The van der Waals surface area contributed by atoms with Crippen LogP contribution < -0.4 is 10.3 Å². The number of methoxy groups -OCH3 is 1. The van der Waals surface area contributed by atoms with Gasteiger partial charge in [0.1, 0.15) is 11.4 Å². The van der Waals surface area contributed by atoms with Crippen LogP contribution >= 0.6 is 23.2 Å². The van der Waals surface area contributed by atoms with Gasteiger partial charge in [0, 0.05) is 10.6 Å². The normalized spacial score (nSPS) is 11.0. The number of terminal acetylenes is 1. The Morgan fingerprint density at radius 2 is 2.04 bits per heavy atom. The SMILES string of the molecule is C#Cc1c(-c2ccc(Cl)cc2Cl)nn2c1[nH]c(=O)c1cc(OC)ccc12. The lowest BCUT2D eigenvalue weighted by atomic mass is 10.1. The van der Waals surface area contributed by atoms with Crippen molar-refractivity contribution in [3.8, 4) is 29.4 Å². The number of aromatic nitrogens is 3. The minimum absolute atomic E-state index is 0.281. The summed E-state index contributed by atoms with van der Waals surface area (Å²) >= 11 is 12.3. The van der Waals surface area contributed by atoms with Crippen molar-refractivity contribution in [3.05, 3.63) is 62.4 Å². The van der Waals surface area contributed by atoms with Gasteiger partial charge in [0.25, 0.3) is 5.56 Å². The molecule has 0 aliphatic rings. The lowest BCUT2D eigenvalue weighted by Crippen LogP contribution is -2.10. The van der Waals surface area contributed by atoms with Crippen molar-refractivity contribution >= 4 is 39.8 Å². The quantitative estimate of drug-likeness (QED) is 0.529. The number of H-pyrrole nitrogens is 1. The molecule has 128 valence electrons. The molecule has 4 aromatic rings. The topological polar surface area (TPSA) is 59.4 Å². The van der Waals surface area contributed by atoms with Gasteiger partial charge < -0.3 is 9.72 Å². The van der Waals surface area contributed by atoms with Crippen LogP contribution in [0.2, 0.25) is 10.0 Å². The number of aromatic amines is 1. The monoisotopic (exact) mass is 383 g/mol. The number of nitrogens with zero attached hydrogens (tertiary/aromatic N) is 2. The molecule has 26 heavy (non-hydrogen) atoms. The maximum Gasteiger partial charge on any atom is 0.259 e. The highest BCUT2D eigenvalue weighted by molar-refractivity contribution is 6.36. The third-order valence-electron chi connectivity index (χ3n) is 4.12. The second-order valence-electron chi connectivity index (χ2n) is 5.59. The molecule has 0 spiro atoms. The highest BCUT2D eigenvalue weighted by atomic mass is 35.5. The van der Waals surface area contributed by atoms with E-state index < -0.39 is 0 Å². The Hall–Kier alpha value is -2.94. The number of hydrogen-bond acceptors (Lipinski definition) is 3.